The van der Waals surface area contributed by atoms with Crippen LogP contribution in [0.25, 0.3) is 11.7 Å². The second kappa shape index (κ2) is 10.3. The van der Waals surface area contributed by atoms with E-state index in [1.807, 2.05) is 69.3 Å². The predicted octanol–water partition coefficient (Wildman–Crippen LogP) is 4.56. The van der Waals surface area contributed by atoms with Crippen LogP contribution in [0, 0.1) is 11.3 Å². The molecule has 160 valence electrons. The molecular formula is C24H25N3O4. The van der Waals surface area contributed by atoms with E-state index in [0.29, 0.717) is 29.6 Å². The Morgan fingerprint density at radius 3 is 2.68 bits per heavy atom. The molecule has 1 unspecified atom stereocenters. The summed E-state index contributed by atoms with van der Waals surface area (Å²) in [5, 5.41) is 9.61. The van der Waals surface area contributed by atoms with Gasteiger partial charge in [-0.2, -0.15) is 10.2 Å². The number of aromatic nitrogens is 2. The van der Waals surface area contributed by atoms with Crippen molar-refractivity contribution >= 4 is 17.7 Å². The van der Waals surface area contributed by atoms with Crippen molar-refractivity contribution < 1.29 is 19.0 Å². The minimum absolute atomic E-state index is 0.0799. The molecule has 0 amide bonds. The monoisotopic (exact) mass is 419 g/mol. The molecule has 31 heavy (non-hydrogen) atoms. The summed E-state index contributed by atoms with van der Waals surface area (Å²) in [6.07, 6.45) is 3.91. The molecule has 0 radical (unpaired) electrons. The van der Waals surface area contributed by atoms with Crippen molar-refractivity contribution in [2.45, 2.75) is 39.9 Å². The van der Waals surface area contributed by atoms with Crippen LogP contribution in [0.1, 0.15) is 38.4 Å². The number of ether oxygens (including phenoxy) is 3. The van der Waals surface area contributed by atoms with Gasteiger partial charge in [-0.1, -0.05) is 37.3 Å². The van der Waals surface area contributed by atoms with Crippen molar-refractivity contribution in [2.75, 3.05) is 6.61 Å². The molecule has 0 aliphatic carbocycles. The first-order valence-electron chi connectivity index (χ1n) is 10.2. The number of nitrogens with zero attached hydrogens (tertiary/aromatic N) is 3. The van der Waals surface area contributed by atoms with Gasteiger partial charge in [0.15, 0.2) is 11.4 Å². The van der Waals surface area contributed by atoms with Crippen LogP contribution >= 0.6 is 0 Å². The lowest BCUT2D eigenvalue weighted by atomic mass is 10.2. The molecule has 7 nitrogen and oxygen atoms in total. The molecule has 2 aromatic heterocycles. The van der Waals surface area contributed by atoms with Crippen molar-refractivity contribution in [1.29, 1.82) is 5.26 Å². The van der Waals surface area contributed by atoms with Crippen LogP contribution in [0.15, 0.2) is 54.2 Å². The fourth-order valence-corrected chi connectivity index (χ4v) is 2.87. The van der Waals surface area contributed by atoms with E-state index >= 15 is 0 Å². The van der Waals surface area contributed by atoms with Gasteiger partial charge in [0.2, 0.25) is 5.88 Å². The highest BCUT2D eigenvalue weighted by Crippen LogP contribution is 2.29. The third kappa shape index (κ3) is 5.23. The Kier molecular flexibility index (Phi) is 7.28. The number of imidazole rings is 1. The van der Waals surface area contributed by atoms with Crippen molar-refractivity contribution in [2.24, 2.45) is 0 Å². The highest BCUT2D eigenvalue weighted by atomic mass is 16.5. The lowest BCUT2D eigenvalue weighted by molar-refractivity contribution is -0.139. The molecule has 0 saturated heterocycles. The SMILES string of the molecule is CCOc1cccn2c(/C=C(/C#N)C(=O)OCc3ccccc3)c(OC(C)CC)nc12. The number of nitriles is 1. The van der Waals surface area contributed by atoms with E-state index < -0.39 is 5.97 Å². The minimum atomic E-state index is -0.711. The van der Waals surface area contributed by atoms with Gasteiger partial charge in [-0.05, 0) is 44.0 Å². The topological polar surface area (TPSA) is 85.9 Å². The minimum Gasteiger partial charge on any atom is -0.490 e. The summed E-state index contributed by atoms with van der Waals surface area (Å²) in [5.41, 5.74) is 1.72. The van der Waals surface area contributed by atoms with Gasteiger partial charge in [-0.15, -0.1) is 0 Å². The van der Waals surface area contributed by atoms with Crippen LogP contribution in [0.4, 0.5) is 0 Å². The van der Waals surface area contributed by atoms with Gasteiger partial charge >= 0.3 is 5.97 Å². The summed E-state index contributed by atoms with van der Waals surface area (Å²) in [7, 11) is 0. The van der Waals surface area contributed by atoms with E-state index in [1.54, 1.807) is 10.6 Å². The first-order valence-corrected chi connectivity index (χ1v) is 10.2. The lowest BCUT2D eigenvalue weighted by Gasteiger charge is -2.10. The average molecular weight is 419 g/mol. The van der Waals surface area contributed by atoms with E-state index in [2.05, 4.69) is 4.98 Å². The molecule has 3 rings (SSSR count). The van der Waals surface area contributed by atoms with Gasteiger partial charge in [0, 0.05) is 6.20 Å². The maximum Gasteiger partial charge on any atom is 0.349 e. The largest absolute Gasteiger partial charge is 0.490 e. The third-order valence-corrected chi connectivity index (χ3v) is 4.64. The van der Waals surface area contributed by atoms with Crippen molar-refractivity contribution in [3.8, 4) is 17.7 Å². The molecule has 1 aromatic carbocycles. The van der Waals surface area contributed by atoms with Gasteiger partial charge in [-0.25, -0.2) is 4.79 Å². The number of pyridine rings is 1. The Morgan fingerprint density at radius 2 is 2.00 bits per heavy atom. The van der Waals surface area contributed by atoms with Crippen LogP contribution < -0.4 is 9.47 Å². The summed E-state index contributed by atoms with van der Waals surface area (Å²) in [4.78, 5) is 17.1. The Hall–Kier alpha value is -3.79. The second-order valence-corrected chi connectivity index (χ2v) is 6.87. The molecule has 0 spiro atoms. The maximum absolute atomic E-state index is 12.6. The summed E-state index contributed by atoms with van der Waals surface area (Å²) >= 11 is 0. The number of fused-ring (bicyclic) bond motifs is 1. The zero-order valence-electron chi connectivity index (χ0n) is 17.9. The van der Waals surface area contributed by atoms with Crippen LogP contribution in [0.3, 0.4) is 0 Å². The first-order chi connectivity index (χ1) is 15.1. The number of hydrogen-bond donors (Lipinski definition) is 0. The van der Waals surface area contributed by atoms with E-state index in [9.17, 15) is 10.1 Å². The molecule has 0 saturated carbocycles. The van der Waals surface area contributed by atoms with Crippen LogP contribution in [0.2, 0.25) is 0 Å². The van der Waals surface area contributed by atoms with Gasteiger partial charge < -0.3 is 14.2 Å². The summed E-state index contributed by atoms with van der Waals surface area (Å²) in [5.74, 6) is 0.200. The number of carbonyl (C=O) groups is 1. The zero-order chi connectivity index (χ0) is 22.2. The molecule has 0 fully saturated rings. The van der Waals surface area contributed by atoms with Gasteiger partial charge in [0.1, 0.15) is 23.9 Å². The molecule has 1 atom stereocenters. The molecule has 0 aliphatic heterocycles. The summed E-state index contributed by atoms with van der Waals surface area (Å²) in [6, 6.07) is 14.8. The van der Waals surface area contributed by atoms with E-state index in [-0.39, 0.29) is 18.3 Å². The van der Waals surface area contributed by atoms with Crippen molar-refractivity contribution in [1.82, 2.24) is 9.38 Å². The number of rotatable bonds is 9. The molecule has 0 N–H and O–H groups in total. The van der Waals surface area contributed by atoms with Gasteiger partial charge in [0.25, 0.3) is 0 Å². The Labute approximate surface area is 181 Å². The molecule has 7 heteroatoms. The van der Waals surface area contributed by atoms with Crippen molar-refractivity contribution in [3.05, 3.63) is 65.5 Å². The van der Waals surface area contributed by atoms with Crippen LogP contribution in [0.5, 0.6) is 11.6 Å². The smallest absolute Gasteiger partial charge is 0.349 e. The number of hydrogen-bond acceptors (Lipinski definition) is 6. The van der Waals surface area contributed by atoms with E-state index in [0.717, 1.165) is 12.0 Å². The fourth-order valence-electron chi connectivity index (χ4n) is 2.87. The molecular weight excluding hydrogens is 394 g/mol. The molecule has 0 bridgehead atoms. The Balaban J connectivity index is 1.98. The van der Waals surface area contributed by atoms with E-state index in [1.165, 1.54) is 6.08 Å². The second-order valence-electron chi connectivity index (χ2n) is 6.87. The molecule has 0 aliphatic rings. The maximum atomic E-state index is 12.6. The van der Waals surface area contributed by atoms with E-state index in [4.69, 9.17) is 14.2 Å². The standard InChI is InChI=1S/C24H25N3O4/c1-4-17(3)31-23-20(27-13-9-12-21(29-5-2)22(27)26-23)14-19(15-25)24(28)30-16-18-10-7-6-8-11-18/h6-14,17H,4-5,16H2,1-3H3/b19-14-. The van der Waals surface area contributed by atoms with Crippen molar-refractivity contribution in [3.63, 3.8) is 0 Å². The predicted molar refractivity (Wildman–Crippen MR) is 117 cm³/mol. The quantitative estimate of drug-likeness (QED) is 0.287. The third-order valence-electron chi connectivity index (χ3n) is 4.64. The highest BCUT2D eigenvalue weighted by Gasteiger charge is 2.20. The first kappa shape index (κ1) is 21.9. The van der Waals surface area contributed by atoms with Crippen LogP contribution in [-0.2, 0) is 16.1 Å². The molecule has 2 heterocycles. The highest BCUT2D eigenvalue weighted by molar-refractivity contribution is 5.98. The zero-order valence-corrected chi connectivity index (χ0v) is 17.9. The van der Waals surface area contributed by atoms with Crippen LogP contribution in [-0.4, -0.2) is 28.1 Å². The number of benzene rings is 1. The van der Waals surface area contributed by atoms with Gasteiger partial charge in [-0.3, -0.25) is 4.40 Å². The normalized spacial score (nSPS) is 12.3. The molecule has 3 aromatic rings. The Bertz CT molecular complexity index is 1110. The number of esters is 1. The average Bonchev–Trinajstić information content (AvgIpc) is 3.14. The van der Waals surface area contributed by atoms with Gasteiger partial charge in [0.05, 0.1) is 12.7 Å². The fraction of sp³-hybridized carbons (Fsp3) is 0.292. The summed E-state index contributed by atoms with van der Waals surface area (Å²) < 4.78 is 18.7. The lowest BCUT2D eigenvalue weighted by Crippen LogP contribution is -2.11. The number of carbonyl (C=O) groups excluding carboxylic acids is 1. The summed E-state index contributed by atoms with van der Waals surface area (Å²) in [6.45, 7) is 6.38. The Morgan fingerprint density at radius 1 is 1.23 bits per heavy atom.